The number of carbonyl (C=O) groups is 1. The van der Waals surface area contributed by atoms with Crippen LogP contribution in [0.2, 0.25) is 5.02 Å². The number of likely N-dealkylation sites (N-methyl/N-ethyl adjacent to an activating group) is 1. The Hall–Kier alpha value is -2.54. The van der Waals surface area contributed by atoms with Crippen molar-refractivity contribution in [1.29, 1.82) is 0 Å². The number of benzene rings is 3. The van der Waals surface area contributed by atoms with Crippen LogP contribution in [-0.2, 0) is 26.2 Å². The number of hydrogen-bond acceptors (Lipinski definition) is 5. The van der Waals surface area contributed by atoms with Gasteiger partial charge in [-0.2, -0.15) is 0 Å². The highest BCUT2D eigenvalue weighted by molar-refractivity contribution is 6.31. The van der Waals surface area contributed by atoms with E-state index in [1.807, 2.05) is 60.7 Å². The molecule has 3 aromatic rings. The van der Waals surface area contributed by atoms with E-state index in [-0.39, 0.29) is 18.5 Å². The molecule has 0 aromatic heterocycles. The number of rotatable bonds is 14. The minimum absolute atomic E-state index is 0.200. The Bertz CT molecular complexity index is 1100. The van der Waals surface area contributed by atoms with Gasteiger partial charge in [0.15, 0.2) is 0 Å². The van der Waals surface area contributed by atoms with Gasteiger partial charge >= 0.3 is 0 Å². The third kappa shape index (κ3) is 6.90. The molecule has 6 heteroatoms. The fourth-order valence-electron chi connectivity index (χ4n) is 5.71. The Morgan fingerprint density at radius 3 is 2.18 bits per heavy atom. The van der Waals surface area contributed by atoms with E-state index in [4.69, 9.17) is 21.1 Å². The molecule has 1 aliphatic heterocycles. The zero-order valence-corrected chi connectivity index (χ0v) is 23.3. The summed E-state index contributed by atoms with van der Waals surface area (Å²) in [6, 6.07) is 28.5. The van der Waals surface area contributed by atoms with Crippen LogP contribution >= 0.6 is 11.6 Å². The predicted molar refractivity (Wildman–Crippen MR) is 153 cm³/mol. The zero-order valence-electron chi connectivity index (χ0n) is 22.5. The number of halogens is 1. The molecule has 1 unspecified atom stereocenters. The maximum absolute atomic E-state index is 13.4. The van der Waals surface area contributed by atoms with Crippen molar-refractivity contribution in [2.45, 2.75) is 25.3 Å². The summed E-state index contributed by atoms with van der Waals surface area (Å²) >= 11 is 6.25. The van der Waals surface area contributed by atoms with Crippen molar-refractivity contribution in [2.75, 3.05) is 53.2 Å². The first-order valence-electron chi connectivity index (χ1n) is 13.4. The van der Waals surface area contributed by atoms with E-state index in [2.05, 4.69) is 41.1 Å². The molecule has 202 valence electrons. The molecule has 1 saturated heterocycles. The quantitative estimate of drug-likeness (QED) is 0.197. The Morgan fingerprint density at radius 1 is 0.947 bits per heavy atom. The van der Waals surface area contributed by atoms with Gasteiger partial charge in [0.25, 0.3) is 0 Å². The van der Waals surface area contributed by atoms with Gasteiger partial charge in [-0.05, 0) is 55.6 Å². The summed E-state index contributed by atoms with van der Waals surface area (Å²) in [5, 5.41) is 0.792. The van der Waals surface area contributed by atoms with Gasteiger partial charge in [-0.3, -0.25) is 9.69 Å². The predicted octanol–water partition coefficient (Wildman–Crippen LogP) is 5.66. The highest BCUT2D eigenvalue weighted by Gasteiger charge is 2.48. The lowest BCUT2D eigenvalue weighted by Gasteiger charge is -2.38. The first kappa shape index (κ1) is 28.5. The second-order valence-corrected chi connectivity index (χ2v) is 10.6. The molecule has 1 fully saturated rings. The topological polar surface area (TPSA) is 42.0 Å². The molecule has 0 spiro atoms. The van der Waals surface area contributed by atoms with Crippen molar-refractivity contribution in [2.24, 2.45) is 5.92 Å². The first-order valence-corrected chi connectivity index (χ1v) is 13.8. The van der Waals surface area contributed by atoms with Crippen LogP contribution in [-0.4, -0.2) is 68.8 Å². The van der Waals surface area contributed by atoms with Crippen molar-refractivity contribution in [3.8, 4) is 0 Å². The smallest absolute Gasteiger partial charge is 0.146 e. The van der Waals surface area contributed by atoms with Crippen LogP contribution in [0.25, 0.3) is 0 Å². The van der Waals surface area contributed by atoms with Gasteiger partial charge in [-0.25, -0.2) is 0 Å². The minimum Gasteiger partial charge on any atom is -0.354 e. The maximum atomic E-state index is 13.4. The molecule has 1 atom stereocenters. The van der Waals surface area contributed by atoms with Crippen LogP contribution in [0.1, 0.15) is 30.0 Å². The Balaban J connectivity index is 1.24. The van der Waals surface area contributed by atoms with Gasteiger partial charge in [0.1, 0.15) is 12.6 Å². The average molecular weight is 535 g/mol. The van der Waals surface area contributed by atoms with Gasteiger partial charge in [-0.1, -0.05) is 90.5 Å². The lowest BCUT2D eigenvalue weighted by molar-refractivity contribution is -0.122. The van der Waals surface area contributed by atoms with Gasteiger partial charge in [0.05, 0.1) is 18.6 Å². The van der Waals surface area contributed by atoms with Crippen LogP contribution in [0.3, 0.4) is 0 Å². The minimum atomic E-state index is -0.642. The van der Waals surface area contributed by atoms with Gasteiger partial charge < -0.3 is 14.4 Å². The second kappa shape index (κ2) is 14.0. The molecule has 0 bridgehead atoms. The Labute approximate surface area is 232 Å². The van der Waals surface area contributed by atoms with Gasteiger partial charge in [0.2, 0.25) is 0 Å². The molecule has 0 saturated carbocycles. The average Bonchev–Trinajstić information content (AvgIpc) is 3.40. The number of carbonyl (C=O) groups excluding carboxylic acids is 1. The summed E-state index contributed by atoms with van der Waals surface area (Å²) in [5.74, 6) is 0.403. The van der Waals surface area contributed by atoms with Crippen molar-refractivity contribution in [3.05, 3.63) is 107 Å². The summed E-state index contributed by atoms with van der Waals surface area (Å²) in [4.78, 5) is 18.0. The van der Waals surface area contributed by atoms with Crippen LogP contribution in [0, 0.1) is 5.92 Å². The van der Waals surface area contributed by atoms with Crippen molar-refractivity contribution < 1.29 is 14.3 Å². The van der Waals surface area contributed by atoms with Gasteiger partial charge in [-0.15, -0.1) is 0 Å². The lowest BCUT2D eigenvalue weighted by Crippen LogP contribution is -2.44. The normalized spacial score (nSPS) is 16.3. The molecular weight excluding hydrogens is 496 g/mol. The Kier molecular flexibility index (Phi) is 10.5. The summed E-state index contributed by atoms with van der Waals surface area (Å²) < 4.78 is 11.5. The third-order valence-electron chi connectivity index (χ3n) is 7.63. The molecule has 5 nitrogen and oxygen atoms in total. The van der Waals surface area contributed by atoms with E-state index in [0.29, 0.717) is 13.2 Å². The molecular formula is C32H39ClN2O3. The molecule has 38 heavy (non-hydrogen) atoms. The van der Waals surface area contributed by atoms with E-state index in [9.17, 15) is 4.79 Å². The van der Waals surface area contributed by atoms with Crippen molar-refractivity contribution in [3.63, 3.8) is 0 Å². The first-order chi connectivity index (χ1) is 18.5. The number of hydrogen-bond donors (Lipinski definition) is 0. The standard InChI is InChI=1S/C32H39ClN2O3/c1-26(36)32(28-12-5-3-6-13-28,29-14-7-4-8-15-29)30-17-18-35(24-30)20-22-38-25-37-21-19-34(2)23-27-11-9-10-16-31(27)33/h3-16,30H,17-25H2,1-2H3. The van der Waals surface area contributed by atoms with Crippen LogP contribution in [0.4, 0.5) is 0 Å². The molecule has 1 heterocycles. The molecule has 4 rings (SSSR count). The molecule has 3 aromatic carbocycles. The molecule has 0 radical (unpaired) electrons. The van der Waals surface area contributed by atoms with E-state index in [1.165, 1.54) is 0 Å². The van der Waals surface area contributed by atoms with E-state index >= 15 is 0 Å². The van der Waals surface area contributed by atoms with Gasteiger partial charge in [0, 0.05) is 31.2 Å². The summed E-state index contributed by atoms with van der Waals surface area (Å²) in [7, 11) is 2.06. The number of nitrogens with zero attached hydrogens (tertiary/aromatic N) is 2. The van der Waals surface area contributed by atoms with Crippen LogP contribution in [0.5, 0.6) is 0 Å². The Morgan fingerprint density at radius 2 is 1.55 bits per heavy atom. The van der Waals surface area contributed by atoms with E-state index < -0.39 is 5.41 Å². The number of ketones is 1. The lowest BCUT2D eigenvalue weighted by atomic mass is 9.63. The molecule has 0 aliphatic carbocycles. The number of Topliss-reactive ketones (excluding diaryl/α,β-unsaturated/α-hetero) is 1. The largest absolute Gasteiger partial charge is 0.354 e. The van der Waals surface area contributed by atoms with E-state index in [0.717, 1.165) is 60.9 Å². The van der Waals surface area contributed by atoms with Crippen LogP contribution in [0.15, 0.2) is 84.9 Å². The number of likely N-dealkylation sites (tertiary alicyclic amines) is 1. The summed E-state index contributed by atoms with van der Waals surface area (Å²) in [6.45, 7) is 7.45. The number of ether oxygens (including phenoxy) is 2. The summed E-state index contributed by atoms with van der Waals surface area (Å²) in [5.41, 5.74) is 2.63. The van der Waals surface area contributed by atoms with E-state index in [1.54, 1.807) is 6.92 Å². The highest BCUT2D eigenvalue weighted by Crippen LogP contribution is 2.44. The SMILES string of the molecule is CC(=O)C(c1ccccc1)(c1ccccc1)C1CCN(CCOCOCCN(C)Cc2ccccc2Cl)C1. The third-order valence-corrected chi connectivity index (χ3v) is 8.00. The maximum Gasteiger partial charge on any atom is 0.146 e. The molecule has 0 amide bonds. The fraction of sp³-hybridized carbons (Fsp3) is 0.406. The fourth-order valence-corrected chi connectivity index (χ4v) is 5.91. The monoisotopic (exact) mass is 534 g/mol. The second-order valence-electron chi connectivity index (χ2n) is 10.1. The van der Waals surface area contributed by atoms with Crippen LogP contribution < -0.4 is 0 Å². The van der Waals surface area contributed by atoms with Crippen molar-refractivity contribution >= 4 is 17.4 Å². The van der Waals surface area contributed by atoms with Crippen molar-refractivity contribution in [1.82, 2.24) is 9.80 Å². The highest BCUT2D eigenvalue weighted by atomic mass is 35.5. The summed E-state index contributed by atoms with van der Waals surface area (Å²) in [6.07, 6.45) is 0.970. The molecule has 1 aliphatic rings. The zero-order chi connectivity index (χ0) is 26.8. The molecule has 0 N–H and O–H groups in total.